The predicted octanol–water partition coefficient (Wildman–Crippen LogP) is 3.09. The van der Waals surface area contributed by atoms with Crippen LogP contribution in [0.25, 0.3) is 0 Å². The second kappa shape index (κ2) is 9.42. The third kappa shape index (κ3) is 5.47. The molecule has 1 saturated heterocycles. The summed E-state index contributed by atoms with van der Waals surface area (Å²) < 4.78 is 0. The van der Waals surface area contributed by atoms with Crippen LogP contribution in [0.3, 0.4) is 0 Å². The van der Waals surface area contributed by atoms with Gasteiger partial charge in [-0.25, -0.2) is 4.99 Å². The van der Waals surface area contributed by atoms with Crippen LogP contribution in [0.2, 0.25) is 0 Å². The van der Waals surface area contributed by atoms with E-state index in [1.54, 1.807) is 19.0 Å². The van der Waals surface area contributed by atoms with Gasteiger partial charge in [-0.2, -0.15) is 0 Å². The highest BCUT2D eigenvalue weighted by Crippen LogP contribution is 2.47. The third-order valence-corrected chi connectivity index (χ3v) is 6.29. The van der Waals surface area contributed by atoms with Crippen LogP contribution in [0.4, 0.5) is 0 Å². The Bertz CT molecular complexity index is 470. The monoisotopic (exact) mass is 462 g/mol. The van der Waals surface area contributed by atoms with E-state index in [0.29, 0.717) is 5.41 Å². The lowest BCUT2D eigenvalue weighted by atomic mass is 9.68. The number of carbonyl (C=O) groups excluding carboxylic acids is 1. The number of nitrogens with zero attached hydrogens (tertiary/aromatic N) is 3. The minimum atomic E-state index is 0. The molecular weight excluding hydrogens is 427 g/mol. The Morgan fingerprint density at radius 3 is 2.44 bits per heavy atom. The summed E-state index contributed by atoms with van der Waals surface area (Å²) in [6.07, 6.45) is 12.2. The van der Waals surface area contributed by atoms with Gasteiger partial charge in [-0.3, -0.25) is 4.79 Å². The lowest BCUT2D eigenvalue weighted by Gasteiger charge is -2.38. The maximum atomic E-state index is 11.9. The molecule has 1 amide bonds. The summed E-state index contributed by atoms with van der Waals surface area (Å²) in [6, 6.07) is 0. The zero-order valence-corrected chi connectivity index (χ0v) is 18.3. The first-order valence-corrected chi connectivity index (χ1v) is 9.81. The van der Waals surface area contributed by atoms with Crippen molar-refractivity contribution in [2.24, 2.45) is 16.3 Å². The van der Waals surface area contributed by atoms with Crippen LogP contribution in [-0.4, -0.2) is 61.9 Å². The lowest BCUT2D eigenvalue weighted by Crippen LogP contribution is -2.44. The molecule has 1 heterocycles. The summed E-state index contributed by atoms with van der Waals surface area (Å²) >= 11 is 0. The number of aliphatic imine (C=N–C) groups is 1. The van der Waals surface area contributed by atoms with Gasteiger partial charge in [-0.1, -0.05) is 25.7 Å². The van der Waals surface area contributed by atoms with Crippen molar-refractivity contribution >= 4 is 35.8 Å². The average Bonchev–Trinajstić information content (AvgIpc) is 3.01. The van der Waals surface area contributed by atoms with Crippen LogP contribution >= 0.6 is 24.0 Å². The second-order valence-corrected chi connectivity index (χ2v) is 8.34. The largest absolute Gasteiger partial charge is 0.356 e. The first kappa shape index (κ1) is 20.8. The van der Waals surface area contributed by atoms with Crippen LogP contribution in [-0.2, 0) is 4.79 Å². The first-order chi connectivity index (χ1) is 11.6. The number of guanidine groups is 1. The molecule has 144 valence electrons. The Hall–Kier alpha value is -0.530. The quantitative estimate of drug-likeness (QED) is 0.397. The van der Waals surface area contributed by atoms with Gasteiger partial charge in [0.2, 0.25) is 5.91 Å². The lowest BCUT2D eigenvalue weighted by molar-refractivity contribution is -0.127. The van der Waals surface area contributed by atoms with Gasteiger partial charge in [0.1, 0.15) is 6.54 Å². The molecule has 1 aliphatic heterocycles. The van der Waals surface area contributed by atoms with Gasteiger partial charge in [0.25, 0.3) is 0 Å². The minimum absolute atomic E-state index is 0. The van der Waals surface area contributed by atoms with Crippen molar-refractivity contribution in [2.75, 3.05) is 40.3 Å². The summed E-state index contributed by atoms with van der Waals surface area (Å²) in [7, 11) is 3.60. The van der Waals surface area contributed by atoms with E-state index in [1.165, 1.54) is 57.8 Å². The molecule has 0 aromatic rings. The highest BCUT2D eigenvalue weighted by atomic mass is 127. The van der Waals surface area contributed by atoms with E-state index in [2.05, 4.69) is 15.2 Å². The molecule has 2 aliphatic carbocycles. The number of halogens is 1. The summed E-state index contributed by atoms with van der Waals surface area (Å²) in [5.41, 5.74) is 0.554. The van der Waals surface area contributed by atoms with E-state index in [-0.39, 0.29) is 36.4 Å². The van der Waals surface area contributed by atoms with Crippen molar-refractivity contribution in [1.82, 2.24) is 15.1 Å². The van der Waals surface area contributed by atoms with E-state index < -0.39 is 0 Å². The molecule has 0 aromatic heterocycles. The molecule has 0 aromatic carbocycles. The van der Waals surface area contributed by atoms with Crippen molar-refractivity contribution in [2.45, 2.75) is 57.8 Å². The van der Waals surface area contributed by atoms with E-state index in [4.69, 9.17) is 0 Å². The Morgan fingerprint density at radius 2 is 1.88 bits per heavy atom. The van der Waals surface area contributed by atoms with Crippen molar-refractivity contribution < 1.29 is 4.79 Å². The normalized spacial score (nSPS) is 23.1. The number of nitrogens with one attached hydrogen (secondary N) is 1. The highest BCUT2D eigenvalue weighted by molar-refractivity contribution is 14.0. The van der Waals surface area contributed by atoms with Gasteiger partial charge in [-0.05, 0) is 43.4 Å². The Labute approximate surface area is 170 Å². The molecule has 3 rings (SSSR count). The van der Waals surface area contributed by atoms with Crippen LogP contribution < -0.4 is 5.32 Å². The zero-order valence-electron chi connectivity index (χ0n) is 15.9. The van der Waals surface area contributed by atoms with Crippen molar-refractivity contribution in [3.05, 3.63) is 0 Å². The summed E-state index contributed by atoms with van der Waals surface area (Å²) in [5.74, 6) is 1.82. The smallest absolute Gasteiger partial charge is 0.243 e. The predicted molar refractivity (Wildman–Crippen MR) is 113 cm³/mol. The van der Waals surface area contributed by atoms with E-state index in [1.807, 2.05) is 0 Å². The molecule has 6 heteroatoms. The summed E-state index contributed by atoms with van der Waals surface area (Å²) in [5, 5.41) is 3.62. The zero-order chi connectivity index (χ0) is 17.0. The Morgan fingerprint density at radius 1 is 1.16 bits per heavy atom. The number of carbonyl (C=O) groups is 1. The number of hydrogen-bond acceptors (Lipinski definition) is 2. The maximum absolute atomic E-state index is 11.9. The molecule has 25 heavy (non-hydrogen) atoms. The van der Waals surface area contributed by atoms with Gasteiger partial charge in [-0.15, -0.1) is 24.0 Å². The van der Waals surface area contributed by atoms with Crippen LogP contribution in [0.1, 0.15) is 57.8 Å². The number of amides is 1. The molecule has 3 aliphatic rings. The van der Waals surface area contributed by atoms with Gasteiger partial charge < -0.3 is 15.1 Å². The van der Waals surface area contributed by atoms with Gasteiger partial charge in [0.05, 0.1) is 0 Å². The fourth-order valence-corrected chi connectivity index (χ4v) is 4.38. The molecule has 3 fully saturated rings. The number of hydrogen-bond donors (Lipinski definition) is 1. The van der Waals surface area contributed by atoms with Gasteiger partial charge in [0, 0.05) is 33.7 Å². The van der Waals surface area contributed by atoms with Crippen LogP contribution in [0.15, 0.2) is 4.99 Å². The molecule has 0 bridgehead atoms. The fourth-order valence-electron chi connectivity index (χ4n) is 4.38. The summed E-state index contributed by atoms with van der Waals surface area (Å²) in [4.78, 5) is 20.6. The second-order valence-electron chi connectivity index (χ2n) is 8.34. The Balaban J connectivity index is 0.00000225. The summed E-state index contributed by atoms with van der Waals surface area (Å²) in [6.45, 7) is 3.48. The highest BCUT2D eigenvalue weighted by Gasteiger charge is 2.43. The number of rotatable bonds is 4. The SMILES string of the molecule is CN(C)C(=O)CN=C(NCC1CCCCC1)N1CCC2(CCC2)C1.I. The van der Waals surface area contributed by atoms with Gasteiger partial charge >= 0.3 is 0 Å². The molecular formula is C19H35IN4O. The molecule has 2 saturated carbocycles. The van der Waals surface area contributed by atoms with Crippen LogP contribution in [0, 0.1) is 11.3 Å². The molecule has 1 spiro atoms. The third-order valence-electron chi connectivity index (χ3n) is 6.29. The minimum Gasteiger partial charge on any atom is -0.356 e. The Kier molecular flexibility index (Phi) is 7.83. The molecule has 5 nitrogen and oxygen atoms in total. The topological polar surface area (TPSA) is 47.9 Å². The van der Waals surface area contributed by atoms with Gasteiger partial charge in [0.15, 0.2) is 5.96 Å². The van der Waals surface area contributed by atoms with E-state index in [9.17, 15) is 4.79 Å². The first-order valence-electron chi connectivity index (χ1n) is 9.81. The molecule has 0 atom stereocenters. The van der Waals surface area contributed by atoms with Crippen LogP contribution in [0.5, 0.6) is 0 Å². The maximum Gasteiger partial charge on any atom is 0.243 e. The molecule has 0 unspecified atom stereocenters. The number of likely N-dealkylation sites (tertiary alicyclic amines) is 1. The molecule has 1 N–H and O–H groups in total. The standard InChI is InChI=1S/C19H34N4O.HI/c1-22(2)17(24)14-21-18(20-13-16-7-4-3-5-8-16)23-12-11-19(15-23)9-6-10-19;/h16H,3-15H2,1-2H3,(H,20,21);1H. The average molecular weight is 462 g/mol. The molecule has 0 radical (unpaired) electrons. The van der Waals surface area contributed by atoms with E-state index in [0.717, 1.165) is 31.5 Å². The fraction of sp³-hybridized carbons (Fsp3) is 0.895. The van der Waals surface area contributed by atoms with E-state index >= 15 is 0 Å². The van der Waals surface area contributed by atoms with Crippen molar-refractivity contribution in [3.63, 3.8) is 0 Å². The van der Waals surface area contributed by atoms with Crippen molar-refractivity contribution in [3.8, 4) is 0 Å². The van der Waals surface area contributed by atoms with Crippen molar-refractivity contribution in [1.29, 1.82) is 0 Å². The number of likely N-dealkylation sites (N-methyl/N-ethyl adjacent to an activating group) is 1.